The number of aliphatic imine (C=N–C) groups is 1. The normalized spacial score (nSPS) is 33.2. The zero-order valence-electron chi connectivity index (χ0n) is 7.95. The molecule has 13 heavy (non-hydrogen) atoms. The van der Waals surface area contributed by atoms with E-state index < -0.39 is 0 Å². The van der Waals surface area contributed by atoms with Crippen LogP contribution in [0.1, 0.15) is 19.8 Å². The highest BCUT2D eigenvalue weighted by molar-refractivity contribution is 8.13. The van der Waals surface area contributed by atoms with Gasteiger partial charge in [-0.25, -0.2) is 4.99 Å². The third-order valence-corrected chi connectivity index (χ3v) is 3.38. The van der Waals surface area contributed by atoms with Crippen molar-refractivity contribution in [1.82, 2.24) is 5.32 Å². The first kappa shape index (κ1) is 9.34. The Bertz CT molecular complexity index is 202. The second-order valence-electron chi connectivity index (χ2n) is 3.66. The number of ether oxygens (including phenoxy) is 1. The van der Waals surface area contributed by atoms with E-state index in [1.54, 1.807) is 11.8 Å². The van der Waals surface area contributed by atoms with Crippen LogP contribution in [0.3, 0.4) is 0 Å². The minimum Gasteiger partial charge on any atom is -0.471 e. The summed E-state index contributed by atoms with van der Waals surface area (Å²) >= 11 is 1.75. The number of hydrogen-bond acceptors (Lipinski definition) is 4. The Morgan fingerprint density at radius 3 is 3.23 bits per heavy atom. The first-order chi connectivity index (χ1) is 6.34. The van der Waals surface area contributed by atoms with Crippen LogP contribution in [0.15, 0.2) is 4.99 Å². The van der Waals surface area contributed by atoms with Gasteiger partial charge in [0.25, 0.3) is 0 Å². The van der Waals surface area contributed by atoms with Crippen molar-refractivity contribution in [3.8, 4) is 0 Å². The molecule has 1 fully saturated rings. The third kappa shape index (κ3) is 2.61. The van der Waals surface area contributed by atoms with Crippen LogP contribution in [-0.4, -0.2) is 36.2 Å². The van der Waals surface area contributed by atoms with Crippen molar-refractivity contribution < 1.29 is 4.74 Å². The maximum absolute atomic E-state index is 5.41. The van der Waals surface area contributed by atoms with Gasteiger partial charge in [-0.15, -0.1) is 0 Å². The molecular weight excluding hydrogens is 184 g/mol. The molecule has 2 atom stereocenters. The average Bonchev–Trinajstić information content (AvgIpc) is 2.71. The highest BCUT2D eigenvalue weighted by Gasteiger charge is 2.18. The summed E-state index contributed by atoms with van der Waals surface area (Å²) in [5.41, 5.74) is 0. The summed E-state index contributed by atoms with van der Waals surface area (Å²) in [5.74, 6) is 1.10. The quantitative estimate of drug-likeness (QED) is 0.728. The minimum absolute atomic E-state index is 0.360. The standard InChI is InChI=1S/C9H16N2OS/c1-7-5-12-9(11-7)13-6-8-3-2-4-10-8/h7-8,10H,2-6H2,1H3. The summed E-state index contributed by atoms with van der Waals surface area (Å²) in [4.78, 5) is 4.38. The van der Waals surface area contributed by atoms with E-state index in [-0.39, 0.29) is 0 Å². The molecule has 2 rings (SSSR count). The number of nitrogens with one attached hydrogen (secondary N) is 1. The van der Waals surface area contributed by atoms with Crippen LogP contribution in [-0.2, 0) is 4.74 Å². The fourth-order valence-corrected chi connectivity index (χ4v) is 2.63. The smallest absolute Gasteiger partial charge is 0.246 e. The van der Waals surface area contributed by atoms with Crippen molar-refractivity contribution >= 4 is 17.0 Å². The fraction of sp³-hybridized carbons (Fsp3) is 0.889. The van der Waals surface area contributed by atoms with Crippen molar-refractivity contribution in [1.29, 1.82) is 0 Å². The lowest BCUT2D eigenvalue weighted by atomic mass is 10.3. The van der Waals surface area contributed by atoms with E-state index in [4.69, 9.17) is 4.74 Å². The molecule has 2 heterocycles. The van der Waals surface area contributed by atoms with Crippen molar-refractivity contribution in [3.63, 3.8) is 0 Å². The lowest BCUT2D eigenvalue weighted by Gasteiger charge is -2.08. The molecule has 0 aliphatic carbocycles. The Balaban J connectivity index is 1.70. The van der Waals surface area contributed by atoms with Crippen LogP contribution in [0, 0.1) is 0 Å². The lowest BCUT2D eigenvalue weighted by Crippen LogP contribution is -2.24. The van der Waals surface area contributed by atoms with Crippen molar-refractivity contribution in [2.24, 2.45) is 4.99 Å². The molecule has 2 aliphatic rings. The van der Waals surface area contributed by atoms with Gasteiger partial charge in [-0.2, -0.15) is 0 Å². The van der Waals surface area contributed by atoms with Gasteiger partial charge in [0.2, 0.25) is 5.23 Å². The second kappa shape index (κ2) is 4.33. The highest BCUT2D eigenvalue weighted by atomic mass is 32.2. The SMILES string of the molecule is CC1COC(SCC2CCCN2)=N1. The maximum Gasteiger partial charge on any atom is 0.246 e. The van der Waals surface area contributed by atoms with Crippen LogP contribution in [0.4, 0.5) is 0 Å². The van der Waals surface area contributed by atoms with E-state index in [1.807, 2.05) is 0 Å². The fourth-order valence-electron chi connectivity index (χ4n) is 1.60. The molecule has 0 spiro atoms. The predicted molar refractivity (Wildman–Crippen MR) is 56.3 cm³/mol. The molecular formula is C9H16N2OS. The molecule has 0 aromatic heterocycles. The molecule has 0 aromatic carbocycles. The van der Waals surface area contributed by atoms with E-state index in [9.17, 15) is 0 Å². The zero-order valence-corrected chi connectivity index (χ0v) is 8.77. The predicted octanol–water partition coefficient (Wildman–Crippen LogP) is 1.25. The van der Waals surface area contributed by atoms with Crippen LogP contribution in [0.25, 0.3) is 0 Å². The van der Waals surface area contributed by atoms with Crippen LogP contribution >= 0.6 is 11.8 Å². The molecule has 1 N–H and O–H groups in total. The van der Waals surface area contributed by atoms with E-state index >= 15 is 0 Å². The molecule has 0 amide bonds. The molecule has 0 bridgehead atoms. The van der Waals surface area contributed by atoms with E-state index in [1.165, 1.54) is 19.4 Å². The van der Waals surface area contributed by atoms with Gasteiger partial charge in [0.15, 0.2) is 0 Å². The van der Waals surface area contributed by atoms with Gasteiger partial charge in [-0.05, 0) is 26.3 Å². The topological polar surface area (TPSA) is 33.6 Å². The molecule has 1 saturated heterocycles. The average molecular weight is 200 g/mol. The maximum atomic E-state index is 5.41. The molecule has 0 saturated carbocycles. The number of thioether (sulfide) groups is 1. The molecule has 2 unspecified atom stereocenters. The second-order valence-corrected chi connectivity index (χ2v) is 4.63. The van der Waals surface area contributed by atoms with Gasteiger partial charge < -0.3 is 10.1 Å². The van der Waals surface area contributed by atoms with Crippen LogP contribution in [0.2, 0.25) is 0 Å². The lowest BCUT2D eigenvalue weighted by molar-refractivity contribution is 0.331. The Labute approximate surface area is 83.3 Å². The Morgan fingerprint density at radius 2 is 2.62 bits per heavy atom. The monoisotopic (exact) mass is 200 g/mol. The van der Waals surface area contributed by atoms with Crippen molar-refractivity contribution in [3.05, 3.63) is 0 Å². The highest BCUT2D eigenvalue weighted by Crippen LogP contribution is 2.18. The van der Waals surface area contributed by atoms with Crippen LogP contribution < -0.4 is 5.32 Å². The summed E-state index contributed by atoms with van der Waals surface area (Å²) in [6, 6.07) is 1.03. The molecule has 2 aliphatic heterocycles. The van der Waals surface area contributed by atoms with E-state index in [0.29, 0.717) is 12.1 Å². The van der Waals surface area contributed by atoms with Gasteiger partial charge in [-0.1, -0.05) is 11.8 Å². The Hall–Kier alpha value is -0.220. The first-order valence-electron chi connectivity index (χ1n) is 4.91. The third-order valence-electron chi connectivity index (χ3n) is 2.34. The van der Waals surface area contributed by atoms with Gasteiger partial charge >= 0.3 is 0 Å². The molecule has 3 nitrogen and oxygen atoms in total. The number of hydrogen-bond donors (Lipinski definition) is 1. The zero-order chi connectivity index (χ0) is 9.10. The summed E-state index contributed by atoms with van der Waals surface area (Å²) in [7, 11) is 0. The van der Waals surface area contributed by atoms with Crippen molar-refractivity contribution in [2.45, 2.75) is 31.8 Å². The summed E-state index contributed by atoms with van der Waals surface area (Å²) in [6.45, 7) is 4.02. The molecule has 0 radical (unpaired) electrons. The van der Waals surface area contributed by atoms with Gasteiger partial charge in [0, 0.05) is 11.8 Å². The Morgan fingerprint density at radius 1 is 1.69 bits per heavy atom. The van der Waals surface area contributed by atoms with Gasteiger partial charge in [-0.3, -0.25) is 0 Å². The van der Waals surface area contributed by atoms with Crippen LogP contribution in [0.5, 0.6) is 0 Å². The Kier molecular flexibility index (Phi) is 3.11. The molecule has 4 heteroatoms. The first-order valence-corrected chi connectivity index (χ1v) is 5.90. The van der Waals surface area contributed by atoms with Crippen molar-refractivity contribution in [2.75, 3.05) is 18.9 Å². The minimum atomic E-state index is 0.360. The summed E-state index contributed by atoms with van der Waals surface area (Å²) < 4.78 is 5.41. The number of rotatable bonds is 2. The molecule has 0 aromatic rings. The summed E-state index contributed by atoms with van der Waals surface area (Å²) in [6.07, 6.45) is 2.62. The largest absolute Gasteiger partial charge is 0.471 e. The molecule has 74 valence electrons. The number of nitrogens with zero attached hydrogens (tertiary/aromatic N) is 1. The van der Waals surface area contributed by atoms with Gasteiger partial charge in [0.05, 0.1) is 6.04 Å². The summed E-state index contributed by atoms with van der Waals surface area (Å²) in [5, 5.41) is 4.35. The van der Waals surface area contributed by atoms with E-state index in [0.717, 1.165) is 17.6 Å². The van der Waals surface area contributed by atoms with E-state index in [2.05, 4.69) is 17.2 Å². The van der Waals surface area contributed by atoms with Gasteiger partial charge in [0.1, 0.15) is 6.61 Å².